The number of halogens is 15. The van der Waals surface area contributed by atoms with Crippen LogP contribution in [0.25, 0.3) is 78.6 Å². The van der Waals surface area contributed by atoms with Crippen LogP contribution < -0.4 is 15.0 Å². The molecule has 0 aliphatic carbocycles. The molecule has 0 saturated heterocycles. The van der Waals surface area contributed by atoms with Crippen molar-refractivity contribution in [2.75, 3.05) is 0 Å². The third-order valence-electron chi connectivity index (χ3n) is 9.44. The first kappa shape index (κ1) is 46.7. The van der Waals surface area contributed by atoms with E-state index in [9.17, 15) is 65.5 Å². The summed E-state index contributed by atoms with van der Waals surface area (Å²) in [7, 11) is -11.8. The molecule has 28 heteroatoms. The van der Waals surface area contributed by atoms with Gasteiger partial charge in [0.2, 0.25) is 17.5 Å². The van der Waals surface area contributed by atoms with Gasteiger partial charge in [-0.1, -0.05) is 24.3 Å². The average molecular weight is 1010 g/mol. The Morgan fingerprint density at radius 2 is 0.662 bits per heavy atom. The van der Waals surface area contributed by atoms with E-state index in [1.54, 1.807) is 0 Å². The Hall–Kier alpha value is -6.32. The fourth-order valence-electron chi connectivity index (χ4n) is 6.70. The van der Waals surface area contributed by atoms with Crippen LogP contribution in [0.15, 0.2) is 34.1 Å². The summed E-state index contributed by atoms with van der Waals surface area (Å²) in [5.74, 6) is -41.0. The molecule has 0 atom stereocenters. The van der Waals surface area contributed by atoms with Crippen LogP contribution in [0.2, 0.25) is 0 Å². The Morgan fingerprint density at radius 1 is 0.369 bits per heavy atom. The van der Waals surface area contributed by atoms with Crippen LogP contribution in [-0.4, -0.2) is 30.9 Å². The summed E-state index contributed by atoms with van der Waals surface area (Å²) in [5.41, 5.74) is -21.2. The molecular weight excluding hydrogens is 1000 g/mol. The normalized spacial score (nSPS) is 12.4. The van der Waals surface area contributed by atoms with Crippen LogP contribution >= 0.6 is 0 Å². The van der Waals surface area contributed by atoms with E-state index < -0.39 is 195 Å². The SMILES string of the molecule is O=S(=O)(O)c1cc2[n-]c1c(-c1c(F)c(F)c(F)c(F)c1F)c1ccc([n-]1)c(-c1c(F)c(F)c(F)c(F)c1F)c1nc(c(-c3c(F)c(F)c(F)c(F)c3F)c3cc(S(=O)(=O)O)c2[n-]3)C=C1.[Mn+3]. The smallest absolute Gasteiger partial charge is 0.657 e. The molecule has 8 bridgehead atoms. The van der Waals surface area contributed by atoms with Gasteiger partial charge >= 0.3 is 17.1 Å². The second kappa shape index (κ2) is 15.7. The summed E-state index contributed by atoms with van der Waals surface area (Å²) >= 11 is 0. The van der Waals surface area contributed by atoms with Crippen molar-refractivity contribution in [3.63, 3.8) is 0 Å². The Morgan fingerprint density at radius 3 is 1.05 bits per heavy atom. The largest absolute Gasteiger partial charge is 3.00 e. The average Bonchev–Trinajstić information content (AvgIpc) is 4.07. The molecule has 8 rings (SSSR count). The Bertz CT molecular complexity index is 3620. The molecule has 1 aliphatic rings. The van der Waals surface area contributed by atoms with Crippen molar-refractivity contribution < 1.29 is 109 Å². The zero-order valence-corrected chi connectivity index (χ0v) is 33.0. The third kappa shape index (κ3) is 7.01. The number of fused-ring (bicyclic) bond motifs is 9. The molecule has 7 aromatic rings. The molecule has 65 heavy (non-hydrogen) atoms. The zero-order chi connectivity index (χ0) is 47.0. The van der Waals surface area contributed by atoms with Crippen LogP contribution in [0, 0.1) is 87.3 Å². The maximum absolute atomic E-state index is 15.7. The molecule has 2 N–H and O–H groups in total. The number of nitrogens with zero attached hydrogens (tertiary/aromatic N) is 4. The van der Waals surface area contributed by atoms with Crippen molar-refractivity contribution in [2.45, 2.75) is 9.79 Å². The maximum Gasteiger partial charge on any atom is 3.00 e. The minimum absolute atomic E-state index is 0. The molecule has 4 aromatic heterocycles. The van der Waals surface area contributed by atoms with E-state index in [1.165, 1.54) is 0 Å². The van der Waals surface area contributed by atoms with Gasteiger partial charge in [0, 0.05) is 0 Å². The van der Waals surface area contributed by atoms with Gasteiger partial charge in [0.15, 0.2) is 69.8 Å². The molecule has 0 amide bonds. The van der Waals surface area contributed by atoms with Crippen molar-refractivity contribution in [2.24, 2.45) is 0 Å². The van der Waals surface area contributed by atoms with E-state index in [0.717, 1.165) is 0 Å². The minimum atomic E-state index is -5.98. The number of hydrogen-bond acceptors (Lipinski definition) is 5. The van der Waals surface area contributed by atoms with Crippen LogP contribution in [0.4, 0.5) is 65.9 Å². The molecule has 0 fully saturated rings. The predicted molar refractivity (Wildman–Crippen MR) is 187 cm³/mol. The fourth-order valence-corrected chi connectivity index (χ4v) is 8.01. The number of rotatable bonds is 5. The van der Waals surface area contributed by atoms with E-state index in [1.807, 2.05) is 0 Å². The Balaban J connectivity index is 0.00000630. The first-order valence-corrected chi connectivity index (χ1v) is 19.4. The van der Waals surface area contributed by atoms with Crippen molar-refractivity contribution in [3.8, 4) is 33.4 Å². The van der Waals surface area contributed by atoms with Crippen LogP contribution in [0.5, 0.6) is 0 Å². The van der Waals surface area contributed by atoms with Crippen LogP contribution in [0.1, 0.15) is 11.4 Å². The first-order valence-electron chi connectivity index (χ1n) is 16.5. The molecule has 0 unspecified atom stereocenters. The molecule has 3 aromatic carbocycles. The summed E-state index contributed by atoms with van der Waals surface area (Å²) in [6.07, 6.45) is 1.02. The zero-order valence-electron chi connectivity index (χ0n) is 30.1. The quantitative estimate of drug-likeness (QED) is 0.0559. The van der Waals surface area contributed by atoms with Gasteiger partial charge in [-0.2, -0.15) is 16.8 Å². The van der Waals surface area contributed by atoms with Crippen molar-refractivity contribution in [1.29, 1.82) is 0 Å². The molecule has 1 aliphatic heterocycles. The molecule has 336 valence electrons. The van der Waals surface area contributed by atoms with Crippen molar-refractivity contribution in [1.82, 2.24) is 19.9 Å². The fraction of sp³-hybridized carbons (Fsp3) is 0. The summed E-state index contributed by atoms with van der Waals surface area (Å²) in [6.45, 7) is 0. The van der Waals surface area contributed by atoms with Crippen LogP contribution in [0.3, 0.4) is 0 Å². The van der Waals surface area contributed by atoms with Gasteiger partial charge in [-0.05, 0) is 28.8 Å². The summed E-state index contributed by atoms with van der Waals surface area (Å²) < 4.78 is 298. The first-order chi connectivity index (χ1) is 29.8. The third-order valence-corrected chi connectivity index (χ3v) is 11.2. The Kier molecular flexibility index (Phi) is 11.3. The Labute approximate surface area is 359 Å². The van der Waals surface area contributed by atoms with E-state index in [2.05, 4.69) is 19.9 Å². The van der Waals surface area contributed by atoms with Gasteiger partial charge in [0.25, 0.3) is 20.2 Å². The van der Waals surface area contributed by atoms with Gasteiger partial charge in [-0.15, -0.1) is 33.1 Å². The molecule has 5 heterocycles. The molecular formula is C37H8F15MnN4O6S2. The van der Waals surface area contributed by atoms with Crippen molar-refractivity contribution in [3.05, 3.63) is 123 Å². The second-order valence-electron chi connectivity index (χ2n) is 13.0. The van der Waals surface area contributed by atoms with E-state index in [4.69, 9.17) is 0 Å². The summed E-state index contributed by atoms with van der Waals surface area (Å²) in [5, 5.41) is 0. The summed E-state index contributed by atoms with van der Waals surface area (Å²) in [4.78, 5) is 11.6. The summed E-state index contributed by atoms with van der Waals surface area (Å²) in [6, 6.07) is 1.09. The second-order valence-corrected chi connectivity index (χ2v) is 15.8. The predicted octanol–water partition coefficient (Wildman–Crippen LogP) is 9.16. The molecule has 0 spiro atoms. The van der Waals surface area contributed by atoms with Gasteiger partial charge in [0.1, 0.15) is 0 Å². The number of aromatic nitrogens is 4. The van der Waals surface area contributed by atoms with Gasteiger partial charge in [-0.3, -0.25) is 9.11 Å². The van der Waals surface area contributed by atoms with Crippen molar-refractivity contribution >= 4 is 65.5 Å². The standard InChI is InChI=1S/C37H8F15N4O6S2.Mn/c38-21-18(22(39)28(45)33(50)27(21)44)15-7-1-2-9(53-7)16(19-23(40)29(46)34(51)30(47)24(19)41)11-5-13(63(57,58)59)36(55-11)12-6-14(64(60,61)62)37(56-12)17(10-4-3-8(15)54-10)20-25(42)31(48)35(52)32(49)26(20)43;/h1-6H,(H,57,58,59)(H,60,61,62);/q-3;+3. The minimum Gasteiger partial charge on any atom is -0.657 e. The van der Waals surface area contributed by atoms with Gasteiger partial charge < -0.3 is 15.0 Å². The number of hydrogen-bond donors (Lipinski definition) is 2. The molecule has 10 nitrogen and oxygen atoms in total. The number of benzene rings is 3. The molecule has 0 radical (unpaired) electrons. The van der Waals surface area contributed by atoms with Gasteiger partial charge in [-0.25, -0.2) is 70.8 Å². The maximum atomic E-state index is 15.7. The molecule has 0 saturated carbocycles. The van der Waals surface area contributed by atoms with Gasteiger partial charge in [0.05, 0.1) is 37.9 Å². The van der Waals surface area contributed by atoms with E-state index >= 15 is 26.3 Å². The van der Waals surface area contributed by atoms with E-state index in [-0.39, 0.29) is 29.2 Å². The van der Waals surface area contributed by atoms with Crippen LogP contribution in [-0.2, 0) is 37.3 Å². The monoisotopic (exact) mass is 1010 g/mol. The van der Waals surface area contributed by atoms with E-state index in [0.29, 0.717) is 24.3 Å². The topological polar surface area (TPSA) is 164 Å².